The molecule has 0 radical (unpaired) electrons. The van der Waals surface area contributed by atoms with E-state index in [2.05, 4.69) is 4.98 Å². The van der Waals surface area contributed by atoms with Gasteiger partial charge in [0, 0.05) is 45.7 Å². The van der Waals surface area contributed by atoms with Gasteiger partial charge in [-0.3, -0.25) is 14.2 Å². The third kappa shape index (κ3) is 4.31. The highest BCUT2D eigenvalue weighted by molar-refractivity contribution is 5.73. The van der Waals surface area contributed by atoms with E-state index in [1.165, 1.54) is 22.5 Å². The molecule has 1 amide bonds. The summed E-state index contributed by atoms with van der Waals surface area (Å²) >= 11 is 0. The molecule has 5 heterocycles. The van der Waals surface area contributed by atoms with Crippen LogP contribution in [-0.2, 0) is 16.1 Å². The number of nitrogens with zero attached hydrogens (tertiary/aromatic N) is 5. The summed E-state index contributed by atoms with van der Waals surface area (Å²) in [5.74, 6) is 0.847. The second-order valence-corrected chi connectivity index (χ2v) is 9.68. The molecule has 0 saturated carbocycles. The van der Waals surface area contributed by atoms with E-state index in [0.29, 0.717) is 38.5 Å². The van der Waals surface area contributed by atoms with Crippen LogP contribution in [0.2, 0.25) is 0 Å². The SMILES string of the molecule is CC(=O)N1CCC(CCN2c3nc(N4C[C@@H]5C[C@H]4CO5)cc(=O)n3CCC2C(F)(F)F)CC1. The van der Waals surface area contributed by atoms with Crippen LogP contribution in [0.1, 0.15) is 39.0 Å². The van der Waals surface area contributed by atoms with Crippen LogP contribution >= 0.6 is 0 Å². The van der Waals surface area contributed by atoms with Gasteiger partial charge in [-0.25, -0.2) is 0 Å². The van der Waals surface area contributed by atoms with E-state index in [1.54, 1.807) is 4.90 Å². The lowest BCUT2D eigenvalue weighted by atomic mass is 9.93. The Morgan fingerprint density at radius 1 is 1.21 bits per heavy atom. The third-order valence-corrected chi connectivity index (χ3v) is 7.64. The van der Waals surface area contributed by atoms with Gasteiger partial charge in [0.1, 0.15) is 11.9 Å². The van der Waals surface area contributed by atoms with Crippen molar-refractivity contribution in [3.05, 3.63) is 16.4 Å². The van der Waals surface area contributed by atoms with E-state index in [4.69, 9.17) is 4.74 Å². The standard InChI is InChI=1S/C22H30F3N5O3/c1-14(31)27-6-2-15(3-7-27)4-8-28-18(22(23,24)25)5-9-29-20(32)11-19(26-21(28)29)30-12-17-10-16(30)13-33-17/h11,15-18H,2-10,12-13H2,1H3/t16-,17-,18?/m0/s1. The summed E-state index contributed by atoms with van der Waals surface area (Å²) in [4.78, 5) is 34.2. The van der Waals surface area contributed by atoms with E-state index in [-0.39, 0.29) is 55.0 Å². The van der Waals surface area contributed by atoms with Gasteiger partial charge in [-0.2, -0.15) is 18.2 Å². The first kappa shape index (κ1) is 22.5. The predicted octanol–water partition coefficient (Wildman–Crippen LogP) is 2.01. The maximum Gasteiger partial charge on any atom is 0.408 e. The first-order valence-electron chi connectivity index (χ1n) is 11.8. The number of hydrogen-bond donors (Lipinski definition) is 0. The molecule has 0 aliphatic carbocycles. The van der Waals surface area contributed by atoms with Crippen LogP contribution in [-0.4, -0.2) is 77.5 Å². The lowest BCUT2D eigenvalue weighted by molar-refractivity contribution is -0.152. The lowest BCUT2D eigenvalue weighted by Crippen LogP contribution is -2.53. The molecule has 11 heteroatoms. The number of ether oxygens (including phenoxy) is 1. The highest BCUT2D eigenvalue weighted by Gasteiger charge is 2.47. The maximum absolute atomic E-state index is 14.0. The zero-order valence-corrected chi connectivity index (χ0v) is 18.8. The van der Waals surface area contributed by atoms with E-state index in [9.17, 15) is 22.8 Å². The van der Waals surface area contributed by atoms with Crippen LogP contribution in [0.5, 0.6) is 0 Å². The van der Waals surface area contributed by atoms with Crippen LogP contribution in [0.25, 0.3) is 0 Å². The van der Waals surface area contributed by atoms with Crippen molar-refractivity contribution in [2.24, 2.45) is 5.92 Å². The van der Waals surface area contributed by atoms with Crippen molar-refractivity contribution >= 4 is 17.7 Å². The molecule has 4 aliphatic rings. The van der Waals surface area contributed by atoms with E-state index >= 15 is 0 Å². The largest absolute Gasteiger partial charge is 0.408 e. The Bertz CT molecular complexity index is 960. The molecule has 0 N–H and O–H groups in total. The van der Waals surface area contributed by atoms with Crippen molar-refractivity contribution in [3.8, 4) is 0 Å². The number of aromatic nitrogens is 2. The predicted molar refractivity (Wildman–Crippen MR) is 115 cm³/mol. The van der Waals surface area contributed by atoms with Crippen molar-refractivity contribution in [2.75, 3.05) is 42.6 Å². The number of hydrogen-bond acceptors (Lipinski definition) is 6. The fourth-order valence-corrected chi connectivity index (χ4v) is 5.74. The van der Waals surface area contributed by atoms with Crippen LogP contribution in [0.4, 0.5) is 24.9 Å². The molecule has 182 valence electrons. The molecule has 1 unspecified atom stereocenters. The van der Waals surface area contributed by atoms with Gasteiger partial charge < -0.3 is 19.4 Å². The molecule has 8 nitrogen and oxygen atoms in total. The molecular formula is C22H30F3N5O3. The topological polar surface area (TPSA) is 70.9 Å². The number of rotatable bonds is 4. The second-order valence-electron chi connectivity index (χ2n) is 9.68. The average Bonchev–Trinajstić information content (AvgIpc) is 3.41. The van der Waals surface area contributed by atoms with Crippen LogP contribution in [0.3, 0.4) is 0 Å². The molecule has 0 aromatic carbocycles. The molecule has 3 fully saturated rings. The Balaban J connectivity index is 1.39. The van der Waals surface area contributed by atoms with Gasteiger partial charge in [0.05, 0.1) is 18.8 Å². The maximum atomic E-state index is 14.0. The van der Waals surface area contributed by atoms with Gasteiger partial charge in [-0.1, -0.05) is 0 Å². The van der Waals surface area contributed by atoms with E-state index in [1.807, 2.05) is 4.90 Å². The average molecular weight is 470 g/mol. The molecule has 1 aromatic rings. The number of carbonyl (C=O) groups excluding carboxylic acids is 1. The monoisotopic (exact) mass is 469 g/mol. The second kappa shape index (κ2) is 8.48. The van der Waals surface area contributed by atoms with Crippen molar-refractivity contribution in [2.45, 2.75) is 69.9 Å². The molecule has 2 bridgehead atoms. The van der Waals surface area contributed by atoms with Crippen molar-refractivity contribution in [1.29, 1.82) is 0 Å². The number of carbonyl (C=O) groups is 1. The Labute approximate surface area is 190 Å². The minimum atomic E-state index is -4.41. The number of piperidine rings is 1. The Morgan fingerprint density at radius 3 is 2.58 bits per heavy atom. The molecule has 5 rings (SSSR count). The first-order valence-corrected chi connectivity index (χ1v) is 11.8. The molecule has 3 atom stereocenters. The summed E-state index contributed by atoms with van der Waals surface area (Å²) in [6.45, 7) is 4.17. The fraction of sp³-hybridized carbons (Fsp3) is 0.773. The first-order chi connectivity index (χ1) is 15.7. The van der Waals surface area contributed by atoms with Gasteiger partial charge in [-0.05, 0) is 38.0 Å². The quantitative estimate of drug-likeness (QED) is 0.672. The number of likely N-dealkylation sites (tertiary alicyclic amines) is 1. The summed E-state index contributed by atoms with van der Waals surface area (Å²) in [7, 11) is 0. The van der Waals surface area contributed by atoms with Crippen molar-refractivity contribution < 1.29 is 22.7 Å². The summed E-state index contributed by atoms with van der Waals surface area (Å²) in [6.07, 6.45) is -1.49. The molecule has 3 saturated heterocycles. The third-order valence-electron chi connectivity index (χ3n) is 7.64. The van der Waals surface area contributed by atoms with Gasteiger partial charge in [-0.15, -0.1) is 0 Å². The Morgan fingerprint density at radius 2 is 1.97 bits per heavy atom. The Kier molecular flexibility index (Phi) is 5.78. The number of morpholine rings is 1. The van der Waals surface area contributed by atoms with E-state index in [0.717, 1.165) is 19.3 Å². The molecule has 33 heavy (non-hydrogen) atoms. The minimum Gasteiger partial charge on any atom is -0.374 e. The van der Waals surface area contributed by atoms with E-state index < -0.39 is 12.2 Å². The number of anilines is 2. The van der Waals surface area contributed by atoms with Gasteiger partial charge in [0.15, 0.2) is 0 Å². The lowest BCUT2D eigenvalue weighted by Gasteiger charge is -2.41. The number of amides is 1. The van der Waals surface area contributed by atoms with Crippen LogP contribution in [0, 0.1) is 5.92 Å². The fourth-order valence-electron chi connectivity index (χ4n) is 5.74. The number of halogens is 3. The van der Waals surface area contributed by atoms with Gasteiger partial charge >= 0.3 is 6.18 Å². The number of fused-ring (bicyclic) bond motifs is 3. The van der Waals surface area contributed by atoms with Gasteiger partial charge in [0.2, 0.25) is 11.9 Å². The van der Waals surface area contributed by atoms with Crippen LogP contribution < -0.4 is 15.4 Å². The van der Waals surface area contributed by atoms with Crippen LogP contribution in [0.15, 0.2) is 10.9 Å². The summed E-state index contributed by atoms with van der Waals surface area (Å²) in [6, 6.07) is -0.0875. The highest BCUT2D eigenvalue weighted by atomic mass is 19.4. The minimum absolute atomic E-state index is 0.00822. The molecule has 0 spiro atoms. The van der Waals surface area contributed by atoms with Crippen molar-refractivity contribution in [1.82, 2.24) is 14.5 Å². The molecular weight excluding hydrogens is 439 g/mol. The van der Waals surface area contributed by atoms with Gasteiger partial charge in [0.25, 0.3) is 5.56 Å². The normalized spacial score (nSPS) is 27.9. The summed E-state index contributed by atoms with van der Waals surface area (Å²) < 4.78 is 49.0. The summed E-state index contributed by atoms with van der Waals surface area (Å²) in [5, 5.41) is 0. The molecule has 1 aromatic heterocycles. The highest BCUT2D eigenvalue weighted by Crippen LogP contribution is 2.37. The summed E-state index contributed by atoms with van der Waals surface area (Å²) in [5.41, 5.74) is -0.306. The Hall–Kier alpha value is -2.30. The number of alkyl halides is 3. The smallest absolute Gasteiger partial charge is 0.374 e. The van der Waals surface area contributed by atoms with Crippen molar-refractivity contribution in [3.63, 3.8) is 0 Å². The zero-order valence-electron chi connectivity index (χ0n) is 18.8. The zero-order chi connectivity index (χ0) is 23.3. The molecule has 4 aliphatic heterocycles.